The highest BCUT2D eigenvalue weighted by molar-refractivity contribution is 7.18. The van der Waals surface area contributed by atoms with Gasteiger partial charge in [-0.15, -0.1) is 17.9 Å². The summed E-state index contributed by atoms with van der Waals surface area (Å²) in [6.45, 7) is 4.52. The quantitative estimate of drug-likeness (QED) is 0.632. The molecule has 152 valence electrons. The van der Waals surface area contributed by atoms with E-state index in [2.05, 4.69) is 16.9 Å². The lowest BCUT2D eigenvalue weighted by atomic mass is 9.93. The third-order valence-corrected chi connectivity index (χ3v) is 6.36. The zero-order valence-electron chi connectivity index (χ0n) is 15.6. The SMILES string of the molecule is C=CCN[C@H]1CCc2c(sc3ncn(Cc4cccc(C(F)(F)F)c4)c(=O)c23)C1. The van der Waals surface area contributed by atoms with Crippen LogP contribution >= 0.6 is 11.3 Å². The van der Waals surface area contributed by atoms with Gasteiger partial charge < -0.3 is 5.32 Å². The second-order valence-corrected chi connectivity index (χ2v) is 8.28. The molecule has 3 aromatic rings. The van der Waals surface area contributed by atoms with Crippen LogP contribution in [0.2, 0.25) is 0 Å². The van der Waals surface area contributed by atoms with Crippen LogP contribution in [0.5, 0.6) is 0 Å². The molecule has 0 saturated carbocycles. The van der Waals surface area contributed by atoms with Gasteiger partial charge in [0.15, 0.2) is 0 Å². The molecule has 29 heavy (non-hydrogen) atoms. The normalized spacial score (nSPS) is 16.7. The number of hydrogen-bond donors (Lipinski definition) is 1. The summed E-state index contributed by atoms with van der Waals surface area (Å²) in [5, 5.41) is 4.04. The summed E-state index contributed by atoms with van der Waals surface area (Å²) >= 11 is 1.53. The minimum atomic E-state index is -4.41. The lowest BCUT2D eigenvalue weighted by Gasteiger charge is -2.22. The van der Waals surface area contributed by atoms with Crippen LogP contribution in [0.3, 0.4) is 0 Å². The summed E-state index contributed by atoms with van der Waals surface area (Å²) in [5.74, 6) is 0. The van der Waals surface area contributed by atoms with Crippen LogP contribution in [0.4, 0.5) is 13.2 Å². The molecule has 1 N–H and O–H groups in total. The average Bonchev–Trinajstić information content (AvgIpc) is 3.06. The fourth-order valence-electron chi connectivity index (χ4n) is 3.78. The Morgan fingerprint density at radius 1 is 1.38 bits per heavy atom. The first-order chi connectivity index (χ1) is 13.9. The summed E-state index contributed by atoms with van der Waals surface area (Å²) in [6, 6.07) is 5.40. The minimum Gasteiger partial charge on any atom is -0.310 e. The van der Waals surface area contributed by atoms with Gasteiger partial charge in [-0.3, -0.25) is 9.36 Å². The third kappa shape index (κ3) is 4.00. The Bertz CT molecular complexity index is 1120. The smallest absolute Gasteiger partial charge is 0.310 e. The first kappa shape index (κ1) is 19.8. The first-order valence-corrected chi connectivity index (χ1v) is 10.2. The molecule has 0 unspecified atom stereocenters. The molecule has 1 aliphatic carbocycles. The predicted octanol–water partition coefficient (Wildman–Crippen LogP) is 4.16. The number of alkyl halides is 3. The first-order valence-electron chi connectivity index (χ1n) is 9.37. The van der Waals surface area contributed by atoms with E-state index in [-0.39, 0.29) is 12.1 Å². The van der Waals surface area contributed by atoms with E-state index in [9.17, 15) is 18.0 Å². The van der Waals surface area contributed by atoms with Crippen molar-refractivity contribution < 1.29 is 13.2 Å². The lowest BCUT2D eigenvalue weighted by molar-refractivity contribution is -0.137. The standard InChI is InChI=1S/C21H20F3N3OS/c1-2-8-25-15-6-7-16-17(10-15)29-19-18(16)20(28)27(12-26-19)11-13-4-3-5-14(9-13)21(22,23)24/h2-5,9,12,15,25H,1,6-8,10-11H2/t15-/m0/s1. The van der Waals surface area contributed by atoms with Crippen LogP contribution in [0.25, 0.3) is 10.2 Å². The molecule has 1 aliphatic rings. The molecule has 0 radical (unpaired) electrons. The maximum Gasteiger partial charge on any atom is 0.416 e. The predicted molar refractivity (Wildman–Crippen MR) is 108 cm³/mol. The highest BCUT2D eigenvalue weighted by Crippen LogP contribution is 2.34. The lowest BCUT2D eigenvalue weighted by Crippen LogP contribution is -2.34. The molecule has 0 saturated heterocycles. The number of halogens is 3. The maximum absolute atomic E-state index is 13.1. The molecule has 2 heterocycles. The number of hydrogen-bond acceptors (Lipinski definition) is 4. The zero-order valence-corrected chi connectivity index (χ0v) is 16.4. The van der Waals surface area contributed by atoms with Gasteiger partial charge in [-0.1, -0.05) is 18.2 Å². The number of fused-ring (bicyclic) bond motifs is 3. The van der Waals surface area contributed by atoms with Gasteiger partial charge in [0, 0.05) is 17.5 Å². The van der Waals surface area contributed by atoms with E-state index in [1.54, 1.807) is 6.07 Å². The van der Waals surface area contributed by atoms with Crippen LogP contribution < -0.4 is 10.9 Å². The number of aromatic nitrogens is 2. The fraction of sp³-hybridized carbons (Fsp3) is 0.333. The maximum atomic E-state index is 13.1. The highest BCUT2D eigenvalue weighted by atomic mass is 32.1. The van der Waals surface area contributed by atoms with E-state index >= 15 is 0 Å². The summed E-state index contributed by atoms with van der Waals surface area (Å²) in [5.41, 5.74) is 0.545. The van der Waals surface area contributed by atoms with Crippen LogP contribution in [-0.2, 0) is 25.6 Å². The molecule has 1 atom stereocenters. The summed E-state index contributed by atoms with van der Waals surface area (Å²) in [6.07, 6.45) is 1.40. The van der Waals surface area contributed by atoms with Crippen LogP contribution in [0.15, 0.2) is 48.0 Å². The molecular formula is C21H20F3N3OS. The van der Waals surface area contributed by atoms with E-state index < -0.39 is 11.7 Å². The number of rotatable bonds is 5. The van der Waals surface area contributed by atoms with Crippen molar-refractivity contribution in [1.82, 2.24) is 14.9 Å². The van der Waals surface area contributed by atoms with Gasteiger partial charge in [-0.05, 0) is 42.5 Å². The summed E-state index contributed by atoms with van der Waals surface area (Å²) < 4.78 is 40.3. The number of thiophene rings is 1. The van der Waals surface area contributed by atoms with E-state index in [1.165, 1.54) is 28.3 Å². The van der Waals surface area contributed by atoms with Crippen LogP contribution in [0, 0.1) is 0 Å². The van der Waals surface area contributed by atoms with E-state index in [4.69, 9.17) is 0 Å². The van der Waals surface area contributed by atoms with Crippen molar-refractivity contribution in [2.45, 2.75) is 38.0 Å². The number of benzene rings is 1. The van der Waals surface area contributed by atoms with Crippen molar-refractivity contribution in [2.24, 2.45) is 0 Å². The molecule has 0 amide bonds. The third-order valence-electron chi connectivity index (χ3n) is 5.19. The van der Waals surface area contributed by atoms with Crippen molar-refractivity contribution in [1.29, 1.82) is 0 Å². The Labute approximate surface area is 169 Å². The number of nitrogens with one attached hydrogen (secondary N) is 1. The van der Waals surface area contributed by atoms with Gasteiger partial charge in [0.2, 0.25) is 0 Å². The Morgan fingerprint density at radius 3 is 2.97 bits per heavy atom. The molecule has 4 nitrogen and oxygen atoms in total. The molecule has 4 rings (SSSR count). The van der Waals surface area contributed by atoms with Gasteiger partial charge in [0.05, 0.1) is 23.8 Å². The highest BCUT2D eigenvalue weighted by Gasteiger charge is 2.30. The molecule has 0 aliphatic heterocycles. The zero-order chi connectivity index (χ0) is 20.6. The fourth-order valence-corrected chi connectivity index (χ4v) is 5.04. The van der Waals surface area contributed by atoms with Crippen molar-refractivity contribution >= 4 is 21.6 Å². The van der Waals surface area contributed by atoms with Crippen molar-refractivity contribution in [2.75, 3.05) is 6.54 Å². The summed E-state index contributed by atoms with van der Waals surface area (Å²) in [7, 11) is 0. The van der Waals surface area contributed by atoms with Crippen LogP contribution in [0.1, 0.15) is 28.0 Å². The Morgan fingerprint density at radius 2 is 2.21 bits per heavy atom. The van der Waals surface area contributed by atoms with Crippen molar-refractivity contribution in [3.63, 3.8) is 0 Å². The topological polar surface area (TPSA) is 46.9 Å². The number of aryl methyl sites for hydroxylation is 1. The summed E-state index contributed by atoms with van der Waals surface area (Å²) in [4.78, 5) is 19.4. The van der Waals surface area contributed by atoms with Gasteiger partial charge in [-0.2, -0.15) is 13.2 Å². The minimum absolute atomic E-state index is 0.0554. The molecule has 0 bridgehead atoms. The van der Waals surface area contributed by atoms with Gasteiger partial charge in [-0.25, -0.2) is 4.98 Å². The van der Waals surface area contributed by atoms with Crippen LogP contribution in [-0.4, -0.2) is 22.1 Å². The Kier molecular flexibility index (Phi) is 5.31. The molecule has 1 aromatic carbocycles. The van der Waals surface area contributed by atoms with E-state index in [1.807, 2.05) is 6.08 Å². The largest absolute Gasteiger partial charge is 0.416 e. The molecule has 0 spiro atoms. The second kappa shape index (κ2) is 7.76. The Hall–Kier alpha value is -2.45. The molecule has 2 aromatic heterocycles. The average molecular weight is 419 g/mol. The van der Waals surface area contributed by atoms with E-state index in [0.29, 0.717) is 21.8 Å². The molecular weight excluding hydrogens is 399 g/mol. The number of nitrogens with zero attached hydrogens (tertiary/aromatic N) is 2. The van der Waals surface area contributed by atoms with Crippen molar-refractivity contribution in [3.05, 3.63) is 75.2 Å². The molecule has 0 fully saturated rings. The Balaban J connectivity index is 1.66. The van der Waals surface area contributed by atoms with Gasteiger partial charge in [0.1, 0.15) is 4.83 Å². The van der Waals surface area contributed by atoms with Gasteiger partial charge in [0.25, 0.3) is 5.56 Å². The van der Waals surface area contributed by atoms with E-state index in [0.717, 1.165) is 48.4 Å². The van der Waals surface area contributed by atoms with Gasteiger partial charge >= 0.3 is 6.18 Å². The van der Waals surface area contributed by atoms with Crippen molar-refractivity contribution in [3.8, 4) is 0 Å². The second-order valence-electron chi connectivity index (χ2n) is 7.20. The molecule has 8 heteroatoms. The monoisotopic (exact) mass is 419 g/mol.